The van der Waals surface area contributed by atoms with Gasteiger partial charge >= 0.3 is 0 Å². The minimum atomic E-state index is -0.168. The monoisotopic (exact) mass is 331 g/mol. The van der Waals surface area contributed by atoms with Crippen molar-refractivity contribution in [3.63, 3.8) is 0 Å². The summed E-state index contributed by atoms with van der Waals surface area (Å²) in [4.78, 5) is 18.7. The van der Waals surface area contributed by atoms with Crippen molar-refractivity contribution in [3.05, 3.63) is 29.7 Å². The van der Waals surface area contributed by atoms with Crippen LogP contribution in [0.1, 0.15) is 53.9 Å². The molecule has 1 atom stereocenters. The second-order valence-electron chi connectivity index (χ2n) is 6.70. The Morgan fingerprint density at radius 3 is 2.75 bits per heavy atom. The molecule has 1 spiro atoms. The van der Waals surface area contributed by atoms with Crippen LogP contribution in [0.25, 0.3) is 0 Å². The molecular formula is C16H21N5O3. The van der Waals surface area contributed by atoms with Crippen LogP contribution in [0.5, 0.6) is 0 Å². The average molecular weight is 331 g/mol. The summed E-state index contributed by atoms with van der Waals surface area (Å²) in [6.07, 6.45) is 6.78. The van der Waals surface area contributed by atoms with E-state index in [0.29, 0.717) is 30.4 Å². The van der Waals surface area contributed by atoms with Crippen molar-refractivity contribution in [1.29, 1.82) is 0 Å². The summed E-state index contributed by atoms with van der Waals surface area (Å²) in [6, 6.07) is 0. The van der Waals surface area contributed by atoms with Gasteiger partial charge in [0, 0.05) is 26.3 Å². The van der Waals surface area contributed by atoms with Crippen LogP contribution in [0, 0.1) is 6.92 Å². The van der Waals surface area contributed by atoms with Gasteiger partial charge in [0.15, 0.2) is 5.82 Å². The normalized spacial score (nSPS) is 23.1. The lowest BCUT2D eigenvalue weighted by Gasteiger charge is -2.38. The van der Waals surface area contributed by atoms with Crippen molar-refractivity contribution >= 4 is 5.91 Å². The number of aryl methyl sites for hydroxylation is 2. The SMILES string of the molecule is Cc1noc(C2CCC3(CCN(C(=O)c4cnn(C)c4)CC3)O2)n1. The number of rotatable bonds is 2. The fraction of sp³-hybridized carbons (Fsp3) is 0.625. The Bertz CT molecular complexity index is 744. The Morgan fingerprint density at radius 1 is 1.33 bits per heavy atom. The number of ether oxygens (including phenoxy) is 1. The second-order valence-corrected chi connectivity index (χ2v) is 6.70. The van der Waals surface area contributed by atoms with Crippen molar-refractivity contribution in [2.45, 2.75) is 44.3 Å². The van der Waals surface area contributed by atoms with Gasteiger partial charge in [0.05, 0.1) is 17.4 Å². The van der Waals surface area contributed by atoms with Gasteiger partial charge in [-0.1, -0.05) is 5.16 Å². The molecule has 1 amide bonds. The van der Waals surface area contributed by atoms with E-state index in [1.54, 1.807) is 24.0 Å². The smallest absolute Gasteiger partial charge is 0.257 e. The van der Waals surface area contributed by atoms with Crippen molar-refractivity contribution < 1.29 is 14.1 Å². The first-order valence-corrected chi connectivity index (χ1v) is 8.31. The molecule has 0 bridgehead atoms. The summed E-state index contributed by atoms with van der Waals surface area (Å²) in [5.41, 5.74) is 0.471. The zero-order valence-corrected chi connectivity index (χ0v) is 13.9. The zero-order chi connectivity index (χ0) is 16.7. The predicted octanol–water partition coefficient (Wildman–Crippen LogP) is 1.64. The molecule has 0 aromatic carbocycles. The molecule has 8 nitrogen and oxygen atoms in total. The van der Waals surface area contributed by atoms with Crippen LogP contribution in [-0.2, 0) is 11.8 Å². The van der Waals surface area contributed by atoms with Gasteiger partial charge in [-0.25, -0.2) is 0 Å². The molecule has 128 valence electrons. The quantitative estimate of drug-likeness (QED) is 0.831. The molecule has 2 aromatic rings. The Kier molecular flexibility index (Phi) is 3.64. The highest BCUT2D eigenvalue weighted by atomic mass is 16.5. The van der Waals surface area contributed by atoms with Gasteiger partial charge in [0.25, 0.3) is 11.8 Å². The van der Waals surface area contributed by atoms with Crippen LogP contribution in [0.4, 0.5) is 0 Å². The molecule has 2 saturated heterocycles. The molecule has 2 aromatic heterocycles. The van der Waals surface area contributed by atoms with Crippen LogP contribution < -0.4 is 0 Å². The van der Waals surface area contributed by atoms with E-state index >= 15 is 0 Å². The van der Waals surface area contributed by atoms with Gasteiger partial charge in [-0.05, 0) is 32.6 Å². The summed E-state index contributed by atoms with van der Waals surface area (Å²) >= 11 is 0. The van der Waals surface area contributed by atoms with Gasteiger partial charge in [-0.15, -0.1) is 0 Å². The molecule has 4 rings (SSSR count). The minimum Gasteiger partial charge on any atom is -0.362 e. The van der Waals surface area contributed by atoms with E-state index in [-0.39, 0.29) is 17.6 Å². The molecule has 2 aliphatic heterocycles. The number of piperidine rings is 1. The van der Waals surface area contributed by atoms with Gasteiger partial charge in [-0.2, -0.15) is 10.1 Å². The van der Waals surface area contributed by atoms with Crippen molar-refractivity contribution in [2.24, 2.45) is 7.05 Å². The third kappa shape index (κ3) is 2.71. The van der Waals surface area contributed by atoms with Crippen molar-refractivity contribution in [2.75, 3.05) is 13.1 Å². The molecule has 8 heteroatoms. The maximum atomic E-state index is 12.5. The second kappa shape index (κ2) is 5.70. The van der Waals surface area contributed by atoms with E-state index in [2.05, 4.69) is 15.2 Å². The first kappa shape index (κ1) is 15.3. The summed E-state index contributed by atoms with van der Waals surface area (Å²) in [5, 5.41) is 7.91. The average Bonchev–Trinajstić information content (AvgIpc) is 3.28. The zero-order valence-electron chi connectivity index (χ0n) is 13.9. The number of carbonyl (C=O) groups excluding carboxylic acids is 1. The van der Waals surface area contributed by atoms with Crippen LogP contribution in [0.2, 0.25) is 0 Å². The van der Waals surface area contributed by atoms with Crippen LogP contribution in [-0.4, -0.2) is 49.4 Å². The van der Waals surface area contributed by atoms with E-state index in [1.807, 2.05) is 11.9 Å². The summed E-state index contributed by atoms with van der Waals surface area (Å²) in [7, 11) is 1.81. The molecule has 2 fully saturated rings. The molecule has 24 heavy (non-hydrogen) atoms. The number of aromatic nitrogens is 4. The summed E-state index contributed by atoms with van der Waals surface area (Å²) in [6.45, 7) is 3.20. The molecule has 4 heterocycles. The molecular weight excluding hydrogens is 310 g/mol. The maximum Gasteiger partial charge on any atom is 0.257 e. The Balaban J connectivity index is 1.38. The standard InChI is InChI=1S/C16H21N5O3/c1-11-18-14(24-19-11)13-3-4-16(23-13)5-7-21(8-6-16)15(22)12-9-17-20(2)10-12/h9-10,13H,3-8H2,1-2H3. The Labute approximate surface area is 139 Å². The first-order valence-electron chi connectivity index (χ1n) is 8.31. The van der Waals surface area contributed by atoms with Gasteiger partial charge in [-0.3, -0.25) is 9.48 Å². The molecule has 0 aliphatic carbocycles. The maximum absolute atomic E-state index is 12.5. The lowest BCUT2D eigenvalue weighted by molar-refractivity contribution is -0.0820. The number of amides is 1. The highest BCUT2D eigenvalue weighted by Crippen LogP contribution is 2.44. The summed E-state index contributed by atoms with van der Waals surface area (Å²) < 4.78 is 13.2. The van der Waals surface area contributed by atoms with E-state index in [9.17, 15) is 4.79 Å². The Hall–Kier alpha value is -2.22. The first-order chi connectivity index (χ1) is 11.5. The fourth-order valence-electron chi connectivity index (χ4n) is 3.63. The Morgan fingerprint density at radius 2 is 2.12 bits per heavy atom. The van der Waals surface area contributed by atoms with Crippen molar-refractivity contribution in [3.8, 4) is 0 Å². The topological polar surface area (TPSA) is 86.3 Å². The molecule has 2 aliphatic rings. The van der Waals surface area contributed by atoms with E-state index < -0.39 is 0 Å². The minimum absolute atomic E-state index is 0.0417. The van der Waals surface area contributed by atoms with Crippen LogP contribution >= 0.6 is 0 Å². The lowest BCUT2D eigenvalue weighted by Crippen LogP contribution is -2.46. The fourth-order valence-corrected chi connectivity index (χ4v) is 3.63. The highest BCUT2D eigenvalue weighted by molar-refractivity contribution is 5.93. The molecule has 0 saturated carbocycles. The predicted molar refractivity (Wildman–Crippen MR) is 83.2 cm³/mol. The third-order valence-electron chi connectivity index (χ3n) is 4.99. The van der Waals surface area contributed by atoms with Crippen LogP contribution in [0.15, 0.2) is 16.9 Å². The number of carbonyl (C=O) groups is 1. The van der Waals surface area contributed by atoms with Crippen LogP contribution in [0.3, 0.4) is 0 Å². The number of hydrogen-bond donors (Lipinski definition) is 0. The summed E-state index contributed by atoms with van der Waals surface area (Å²) in [5.74, 6) is 1.24. The van der Waals surface area contributed by atoms with E-state index in [4.69, 9.17) is 9.26 Å². The van der Waals surface area contributed by atoms with Gasteiger partial charge in [0.1, 0.15) is 6.10 Å². The van der Waals surface area contributed by atoms with Crippen molar-refractivity contribution in [1.82, 2.24) is 24.8 Å². The van der Waals surface area contributed by atoms with E-state index in [1.165, 1.54) is 0 Å². The van der Waals surface area contributed by atoms with Gasteiger partial charge in [0.2, 0.25) is 0 Å². The molecule has 1 unspecified atom stereocenters. The number of likely N-dealkylation sites (tertiary alicyclic amines) is 1. The highest BCUT2D eigenvalue weighted by Gasteiger charge is 2.45. The lowest BCUT2D eigenvalue weighted by atomic mass is 9.88. The number of hydrogen-bond acceptors (Lipinski definition) is 6. The largest absolute Gasteiger partial charge is 0.362 e. The molecule has 0 radical (unpaired) electrons. The molecule has 0 N–H and O–H groups in total. The van der Waals surface area contributed by atoms with Gasteiger partial charge < -0.3 is 14.2 Å². The third-order valence-corrected chi connectivity index (χ3v) is 4.99. The van der Waals surface area contributed by atoms with E-state index in [0.717, 1.165) is 25.7 Å². The number of nitrogens with zero attached hydrogens (tertiary/aromatic N) is 5.